The van der Waals surface area contributed by atoms with Gasteiger partial charge in [0.2, 0.25) is 0 Å². The average Bonchev–Trinajstić information content (AvgIpc) is 2.58. The molecule has 6 nitrogen and oxygen atoms in total. The van der Waals surface area contributed by atoms with E-state index in [0.717, 1.165) is 19.5 Å². The molecule has 1 saturated heterocycles. The number of amides is 1. The first-order valence-corrected chi connectivity index (χ1v) is 5.86. The summed E-state index contributed by atoms with van der Waals surface area (Å²) in [6, 6.07) is 3.69. The first-order chi connectivity index (χ1) is 8.25. The quantitative estimate of drug-likeness (QED) is 0.692. The number of carbonyl (C=O) groups is 1. The first kappa shape index (κ1) is 11.8. The SMILES string of the molecule is NC(=O)c1ccc(NC2CCCCNC2)nn1. The Kier molecular flexibility index (Phi) is 3.87. The van der Waals surface area contributed by atoms with E-state index in [9.17, 15) is 4.79 Å². The van der Waals surface area contributed by atoms with Crippen molar-refractivity contribution in [3.05, 3.63) is 17.8 Å². The molecule has 1 unspecified atom stereocenters. The number of carbonyl (C=O) groups excluding carboxylic acids is 1. The predicted octanol–water partition coefficient (Wildman–Crippen LogP) is 0.129. The van der Waals surface area contributed by atoms with Crippen molar-refractivity contribution in [2.75, 3.05) is 18.4 Å². The number of hydrogen-bond donors (Lipinski definition) is 3. The Hall–Kier alpha value is -1.69. The van der Waals surface area contributed by atoms with Crippen molar-refractivity contribution in [3.8, 4) is 0 Å². The fourth-order valence-corrected chi connectivity index (χ4v) is 1.89. The smallest absolute Gasteiger partial charge is 0.269 e. The van der Waals surface area contributed by atoms with Crippen LogP contribution in [0.1, 0.15) is 29.8 Å². The Morgan fingerprint density at radius 2 is 2.29 bits per heavy atom. The van der Waals surface area contributed by atoms with Gasteiger partial charge in [0, 0.05) is 12.6 Å². The number of rotatable bonds is 3. The molecule has 0 spiro atoms. The monoisotopic (exact) mass is 235 g/mol. The van der Waals surface area contributed by atoms with Crippen LogP contribution in [-0.4, -0.2) is 35.2 Å². The van der Waals surface area contributed by atoms with E-state index in [2.05, 4.69) is 20.8 Å². The maximum absolute atomic E-state index is 10.8. The van der Waals surface area contributed by atoms with E-state index in [4.69, 9.17) is 5.73 Å². The normalized spacial score (nSPS) is 20.6. The van der Waals surface area contributed by atoms with Gasteiger partial charge in [-0.25, -0.2) is 0 Å². The van der Waals surface area contributed by atoms with Crippen LogP contribution < -0.4 is 16.4 Å². The molecule has 92 valence electrons. The van der Waals surface area contributed by atoms with E-state index in [0.29, 0.717) is 11.9 Å². The van der Waals surface area contributed by atoms with Crippen LogP contribution in [0.3, 0.4) is 0 Å². The molecule has 0 aromatic carbocycles. The molecular formula is C11H17N5O. The highest BCUT2D eigenvalue weighted by Crippen LogP contribution is 2.10. The highest BCUT2D eigenvalue weighted by molar-refractivity contribution is 5.90. The molecule has 6 heteroatoms. The summed E-state index contributed by atoms with van der Waals surface area (Å²) < 4.78 is 0. The second-order valence-electron chi connectivity index (χ2n) is 4.21. The van der Waals surface area contributed by atoms with Crippen LogP contribution >= 0.6 is 0 Å². The number of nitrogens with two attached hydrogens (primary N) is 1. The van der Waals surface area contributed by atoms with E-state index in [1.165, 1.54) is 12.8 Å². The van der Waals surface area contributed by atoms with E-state index in [-0.39, 0.29) is 5.69 Å². The minimum absolute atomic E-state index is 0.189. The van der Waals surface area contributed by atoms with E-state index < -0.39 is 5.91 Å². The topological polar surface area (TPSA) is 92.9 Å². The zero-order valence-corrected chi connectivity index (χ0v) is 9.65. The number of nitrogens with one attached hydrogen (secondary N) is 2. The number of anilines is 1. The molecule has 4 N–H and O–H groups in total. The first-order valence-electron chi connectivity index (χ1n) is 5.86. The average molecular weight is 235 g/mol. The van der Waals surface area contributed by atoms with Crippen LogP contribution in [0.4, 0.5) is 5.82 Å². The molecular weight excluding hydrogens is 218 g/mol. The summed E-state index contributed by atoms with van der Waals surface area (Å²) in [5, 5.41) is 14.4. The lowest BCUT2D eigenvalue weighted by Gasteiger charge is -2.16. The number of hydrogen-bond acceptors (Lipinski definition) is 5. The Morgan fingerprint density at radius 1 is 1.41 bits per heavy atom. The Morgan fingerprint density at radius 3 is 3.00 bits per heavy atom. The van der Waals surface area contributed by atoms with Gasteiger partial charge in [0.25, 0.3) is 5.91 Å². The van der Waals surface area contributed by atoms with Gasteiger partial charge in [-0.3, -0.25) is 4.79 Å². The van der Waals surface area contributed by atoms with Gasteiger partial charge in [-0.2, -0.15) is 0 Å². The zero-order chi connectivity index (χ0) is 12.1. The minimum atomic E-state index is -0.555. The number of primary amides is 1. The fourth-order valence-electron chi connectivity index (χ4n) is 1.89. The van der Waals surface area contributed by atoms with Crippen LogP contribution in [0.25, 0.3) is 0 Å². The van der Waals surface area contributed by atoms with Crippen molar-refractivity contribution >= 4 is 11.7 Å². The highest BCUT2D eigenvalue weighted by Gasteiger charge is 2.12. The summed E-state index contributed by atoms with van der Waals surface area (Å²) in [6.45, 7) is 2.00. The van der Waals surface area contributed by atoms with Gasteiger partial charge in [0.1, 0.15) is 5.82 Å². The van der Waals surface area contributed by atoms with Crippen molar-refractivity contribution in [3.63, 3.8) is 0 Å². The van der Waals surface area contributed by atoms with Crippen LogP contribution in [0.2, 0.25) is 0 Å². The maximum atomic E-state index is 10.8. The lowest BCUT2D eigenvalue weighted by Crippen LogP contribution is -2.31. The summed E-state index contributed by atoms with van der Waals surface area (Å²) in [7, 11) is 0. The molecule has 0 bridgehead atoms. The van der Waals surface area contributed by atoms with Gasteiger partial charge < -0.3 is 16.4 Å². The Bertz CT molecular complexity index is 370. The third-order valence-electron chi connectivity index (χ3n) is 2.82. The zero-order valence-electron chi connectivity index (χ0n) is 9.65. The molecule has 17 heavy (non-hydrogen) atoms. The molecule has 1 fully saturated rings. The molecule has 0 aliphatic carbocycles. The molecule has 2 heterocycles. The molecule has 1 atom stereocenters. The molecule has 0 saturated carbocycles. The second-order valence-corrected chi connectivity index (χ2v) is 4.21. The van der Waals surface area contributed by atoms with Crippen LogP contribution in [0, 0.1) is 0 Å². The number of aromatic nitrogens is 2. The van der Waals surface area contributed by atoms with E-state index in [1.807, 2.05) is 0 Å². The van der Waals surface area contributed by atoms with Crippen LogP contribution in [0.15, 0.2) is 12.1 Å². The van der Waals surface area contributed by atoms with E-state index >= 15 is 0 Å². The largest absolute Gasteiger partial charge is 0.365 e. The van der Waals surface area contributed by atoms with Gasteiger partial charge in [0.15, 0.2) is 5.69 Å². The van der Waals surface area contributed by atoms with Gasteiger partial charge >= 0.3 is 0 Å². The van der Waals surface area contributed by atoms with Crippen molar-refractivity contribution in [2.45, 2.75) is 25.3 Å². The standard InChI is InChI=1S/C11H17N5O/c12-11(17)9-4-5-10(16-15-9)14-8-3-1-2-6-13-7-8/h4-5,8,13H,1-3,6-7H2,(H2,12,17)(H,14,16). The van der Waals surface area contributed by atoms with Gasteiger partial charge in [-0.15, -0.1) is 10.2 Å². The van der Waals surface area contributed by atoms with Crippen LogP contribution in [0.5, 0.6) is 0 Å². The lowest BCUT2D eigenvalue weighted by molar-refractivity contribution is 0.0994. The molecule has 1 aromatic rings. The summed E-state index contributed by atoms with van der Waals surface area (Å²) in [4.78, 5) is 10.8. The lowest BCUT2D eigenvalue weighted by atomic mass is 10.1. The van der Waals surface area contributed by atoms with Gasteiger partial charge in [-0.05, 0) is 31.5 Å². The third-order valence-corrected chi connectivity index (χ3v) is 2.82. The maximum Gasteiger partial charge on any atom is 0.269 e. The summed E-state index contributed by atoms with van der Waals surface area (Å²) in [5.74, 6) is 0.129. The Labute approximate surface area is 100.0 Å². The van der Waals surface area contributed by atoms with Crippen LogP contribution in [-0.2, 0) is 0 Å². The minimum Gasteiger partial charge on any atom is -0.365 e. The molecule has 1 amide bonds. The highest BCUT2D eigenvalue weighted by atomic mass is 16.1. The summed E-state index contributed by atoms with van der Waals surface area (Å²) in [5.41, 5.74) is 5.29. The predicted molar refractivity (Wildman–Crippen MR) is 64.7 cm³/mol. The molecule has 2 rings (SSSR count). The third kappa shape index (κ3) is 3.39. The second kappa shape index (κ2) is 5.58. The van der Waals surface area contributed by atoms with Gasteiger partial charge in [-0.1, -0.05) is 6.42 Å². The van der Waals surface area contributed by atoms with Crippen molar-refractivity contribution in [2.24, 2.45) is 5.73 Å². The molecule has 0 radical (unpaired) electrons. The number of nitrogens with zero attached hydrogens (tertiary/aromatic N) is 2. The van der Waals surface area contributed by atoms with Crippen molar-refractivity contribution < 1.29 is 4.79 Å². The van der Waals surface area contributed by atoms with E-state index in [1.54, 1.807) is 12.1 Å². The molecule has 1 aliphatic rings. The van der Waals surface area contributed by atoms with Gasteiger partial charge in [0.05, 0.1) is 0 Å². The van der Waals surface area contributed by atoms with Crippen molar-refractivity contribution in [1.29, 1.82) is 0 Å². The fraction of sp³-hybridized carbons (Fsp3) is 0.545. The summed E-state index contributed by atoms with van der Waals surface area (Å²) in [6.07, 6.45) is 3.54. The summed E-state index contributed by atoms with van der Waals surface area (Å²) >= 11 is 0. The molecule has 1 aliphatic heterocycles. The van der Waals surface area contributed by atoms with Crippen molar-refractivity contribution in [1.82, 2.24) is 15.5 Å². The molecule has 1 aromatic heterocycles. The Balaban J connectivity index is 1.95.